The lowest BCUT2D eigenvalue weighted by Crippen LogP contribution is -2.50. The molecule has 0 unspecified atom stereocenters. The fourth-order valence-electron chi connectivity index (χ4n) is 4.30. The highest BCUT2D eigenvalue weighted by atomic mass is 35.5. The van der Waals surface area contributed by atoms with E-state index in [1.165, 1.54) is 5.56 Å². The van der Waals surface area contributed by atoms with E-state index < -0.39 is 0 Å². The number of aromatic nitrogens is 3. The minimum atomic E-state index is -0.0594. The zero-order valence-electron chi connectivity index (χ0n) is 20.2. The Morgan fingerprint density at radius 2 is 1.72 bits per heavy atom. The summed E-state index contributed by atoms with van der Waals surface area (Å²) in [6.45, 7) is 6.24. The van der Waals surface area contributed by atoms with Gasteiger partial charge in [-0.15, -0.1) is 0 Å². The van der Waals surface area contributed by atoms with Crippen molar-refractivity contribution in [3.8, 4) is 17.0 Å². The van der Waals surface area contributed by atoms with Gasteiger partial charge in [-0.2, -0.15) is 4.98 Å². The number of aryl methyl sites for hydroxylation is 2. The Labute approximate surface area is 214 Å². The number of amides is 1. The summed E-state index contributed by atoms with van der Waals surface area (Å²) in [7, 11) is 0. The third kappa shape index (κ3) is 5.04. The molecule has 2 aromatic carbocycles. The van der Waals surface area contributed by atoms with Gasteiger partial charge in [0.15, 0.2) is 12.4 Å². The van der Waals surface area contributed by atoms with E-state index in [4.69, 9.17) is 27.1 Å². The predicted octanol–water partition coefficient (Wildman–Crippen LogP) is 4.27. The molecule has 36 heavy (non-hydrogen) atoms. The molecule has 184 valence electrons. The molecule has 0 bridgehead atoms. The molecular weight excluding hydrogens is 476 g/mol. The molecule has 2 N–H and O–H groups in total. The lowest BCUT2D eigenvalue weighted by atomic mass is 10.1. The van der Waals surface area contributed by atoms with Gasteiger partial charge in [0, 0.05) is 36.8 Å². The number of hydrogen-bond donors (Lipinski definition) is 1. The largest absolute Gasteiger partial charge is 0.483 e. The Balaban J connectivity index is 1.30. The van der Waals surface area contributed by atoms with Crippen LogP contribution in [-0.4, -0.2) is 58.5 Å². The molecule has 8 nitrogen and oxygen atoms in total. The normalized spacial score (nSPS) is 13.8. The summed E-state index contributed by atoms with van der Waals surface area (Å²) in [5.74, 6) is 1.49. The average molecular weight is 503 g/mol. The molecule has 1 aliphatic heterocycles. The number of hydrogen-bond acceptors (Lipinski definition) is 7. The van der Waals surface area contributed by atoms with Gasteiger partial charge in [-0.05, 0) is 49.7 Å². The van der Waals surface area contributed by atoms with Crippen LogP contribution in [0.25, 0.3) is 22.3 Å². The first-order valence-electron chi connectivity index (χ1n) is 11.8. The third-order valence-corrected chi connectivity index (χ3v) is 6.54. The lowest BCUT2D eigenvalue weighted by Gasteiger charge is -2.35. The molecule has 1 fully saturated rings. The second-order valence-electron chi connectivity index (χ2n) is 8.90. The Hall–Kier alpha value is -3.91. The zero-order valence-corrected chi connectivity index (χ0v) is 21.0. The number of benzene rings is 2. The quantitative estimate of drug-likeness (QED) is 0.435. The number of pyridine rings is 1. The van der Waals surface area contributed by atoms with Gasteiger partial charge in [0.2, 0.25) is 5.95 Å². The number of nitrogen functional groups attached to an aromatic ring is 1. The van der Waals surface area contributed by atoms with Gasteiger partial charge in [-0.3, -0.25) is 4.79 Å². The highest BCUT2D eigenvalue weighted by Gasteiger charge is 2.25. The van der Waals surface area contributed by atoms with Crippen LogP contribution in [0.5, 0.6) is 5.75 Å². The first-order chi connectivity index (χ1) is 17.4. The van der Waals surface area contributed by atoms with Gasteiger partial charge in [-0.1, -0.05) is 41.4 Å². The number of nitrogens with two attached hydrogens (primary N) is 1. The summed E-state index contributed by atoms with van der Waals surface area (Å²) < 4.78 is 5.74. The number of ether oxygens (including phenoxy) is 1. The van der Waals surface area contributed by atoms with E-state index in [0.29, 0.717) is 53.8 Å². The number of carbonyl (C=O) groups excluding carboxylic acids is 1. The smallest absolute Gasteiger partial charge is 0.260 e. The van der Waals surface area contributed by atoms with Crippen molar-refractivity contribution in [2.75, 3.05) is 43.4 Å². The number of piperazine rings is 1. The average Bonchev–Trinajstić information content (AvgIpc) is 2.88. The van der Waals surface area contributed by atoms with Crippen molar-refractivity contribution in [2.24, 2.45) is 0 Å². The van der Waals surface area contributed by atoms with E-state index in [1.807, 2.05) is 25.1 Å². The van der Waals surface area contributed by atoms with Gasteiger partial charge >= 0.3 is 0 Å². The maximum Gasteiger partial charge on any atom is 0.260 e. The second-order valence-corrected chi connectivity index (χ2v) is 9.34. The minimum Gasteiger partial charge on any atom is -0.483 e. The van der Waals surface area contributed by atoms with Crippen molar-refractivity contribution in [2.45, 2.75) is 13.8 Å². The molecule has 5 rings (SSSR count). The van der Waals surface area contributed by atoms with Gasteiger partial charge < -0.3 is 20.3 Å². The van der Waals surface area contributed by atoms with Crippen LogP contribution in [0.1, 0.15) is 11.1 Å². The van der Waals surface area contributed by atoms with E-state index in [-0.39, 0.29) is 18.5 Å². The molecule has 0 saturated carbocycles. The fraction of sp³-hybridized carbons (Fsp3) is 0.259. The topological polar surface area (TPSA) is 97.5 Å². The second kappa shape index (κ2) is 9.99. The number of carbonyl (C=O) groups is 1. The van der Waals surface area contributed by atoms with Crippen LogP contribution in [-0.2, 0) is 4.79 Å². The Kier molecular flexibility index (Phi) is 6.61. The Morgan fingerprint density at radius 3 is 2.44 bits per heavy atom. The van der Waals surface area contributed by atoms with E-state index >= 15 is 0 Å². The fourth-order valence-corrected chi connectivity index (χ4v) is 4.52. The highest BCUT2D eigenvalue weighted by molar-refractivity contribution is 6.30. The van der Waals surface area contributed by atoms with Gasteiger partial charge in [-0.25, -0.2) is 9.97 Å². The first-order valence-corrected chi connectivity index (χ1v) is 12.2. The van der Waals surface area contributed by atoms with Crippen molar-refractivity contribution in [1.82, 2.24) is 19.9 Å². The molecule has 0 aliphatic carbocycles. The SMILES string of the molecule is Cc1ccc(-c2ccc3nc(N)nc(N4CCN(C(=O)COc5ccc(Cl)cc5C)CC4)c3n2)cc1. The number of fused-ring (bicyclic) bond motifs is 1. The standard InChI is InChI=1S/C27H27ClN6O2/c1-17-3-5-19(6-4-17)21-8-9-22-25(30-21)26(32-27(29)31-22)34-13-11-33(12-14-34)24(35)16-36-23-10-7-20(28)15-18(23)2/h3-10,15H,11-14,16H2,1-2H3,(H2,29,31,32). The molecular formula is C27H27ClN6O2. The molecule has 0 spiro atoms. The summed E-state index contributed by atoms with van der Waals surface area (Å²) >= 11 is 6.00. The minimum absolute atomic E-state index is 0.0205. The van der Waals surface area contributed by atoms with Crippen molar-refractivity contribution < 1.29 is 9.53 Å². The summed E-state index contributed by atoms with van der Waals surface area (Å²) in [5.41, 5.74) is 11.4. The zero-order chi connectivity index (χ0) is 25.2. The molecule has 2 aromatic heterocycles. The summed E-state index contributed by atoms with van der Waals surface area (Å²) in [4.78, 5) is 30.5. The molecule has 0 radical (unpaired) electrons. The van der Waals surface area contributed by atoms with Crippen LogP contribution >= 0.6 is 11.6 Å². The molecule has 9 heteroatoms. The maximum atomic E-state index is 12.8. The molecule has 1 saturated heterocycles. The van der Waals surface area contributed by atoms with Crippen molar-refractivity contribution in [1.29, 1.82) is 0 Å². The number of rotatable bonds is 5. The summed E-state index contributed by atoms with van der Waals surface area (Å²) in [5, 5.41) is 0.639. The van der Waals surface area contributed by atoms with E-state index in [2.05, 4.69) is 46.1 Å². The van der Waals surface area contributed by atoms with Gasteiger partial charge in [0.1, 0.15) is 11.3 Å². The van der Waals surface area contributed by atoms with Crippen LogP contribution in [0.15, 0.2) is 54.6 Å². The third-order valence-electron chi connectivity index (χ3n) is 6.31. The van der Waals surface area contributed by atoms with Crippen LogP contribution in [0, 0.1) is 13.8 Å². The van der Waals surface area contributed by atoms with Gasteiger partial charge in [0.05, 0.1) is 11.2 Å². The van der Waals surface area contributed by atoms with Gasteiger partial charge in [0.25, 0.3) is 5.91 Å². The van der Waals surface area contributed by atoms with E-state index in [0.717, 1.165) is 16.8 Å². The first kappa shape index (κ1) is 23.8. The van der Waals surface area contributed by atoms with Crippen LogP contribution < -0.4 is 15.4 Å². The number of halogens is 1. The Morgan fingerprint density at radius 1 is 0.972 bits per heavy atom. The molecule has 0 atom stereocenters. The van der Waals surface area contributed by atoms with Crippen LogP contribution in [0.4, 0.5) is 11.8 Å². The number of nitrogens with zero attached hydrogens (tertiary/aromatic N) is 5. The molecule has 3 heterocycles. The lowest BCUT2D eigenvalue weighted by molar-refractivity contribution is -0.133. The predicted molar refractivity (Wildman–Crippen MR) is 142 cm³/mol. The van der Waals surface area contributed by atoms with E-state index in [9.17, 15) is 4.79 Å². The maximum absolute atomic E-state index is 12.8. The molecule has 4 aromatic rings. The van der Waals surface area contributed by atoms with Crippen molar-refractivity contribution in [3.05, 3.63) is 70.7 Å². The number of anilines is 2. The summed E-state index contributed by atoms with van der Waals surface area (Å²) in [6, 6.07) is 17.5. The van der Waals surface area contributed by atoms with E-state index in [1.54, 1.807) is 17.0 Å². The van der Waals surface area contributed by atoms with Crippen LogP contribution in [0.3, 0.4) is 0 Å². The molecule has 1 amide bonds. The van der Waals surface area contributed by atoms with Crippen LogP contribution in [0.2, 0.25) is 5.02 Å². The summed E-state index contributed by atoms with van der Waals surface area (Å²) in [6.07, 6.45) is 0. The highest BCUT2D eigenvalue weighted by Crippen LogP contribution is 2.28. The Bertz CT molecular complexity index is 1420. The monoisotopic (exact) mass is 502 g/mol. The molecule has 1 aliphatic rings. The van der Waals surface area contributed by atoms with Crippen molar-refractivity contribution >= 4 is 40.3 Å². The van der Waals surface area contributed by atoms with Crippen molar-refractivity contribution in [3.63, 3.8) is 0 Å².